The molecule has 1 amide bonds. The Morgan fingerprint density at radius 3 is 2.61 bits per heavy atom. The normalized spacial score (nSPS) is 18.7. The number of ketones is 1. The number of benzene rings is 2. The second-order valence-electron chi connectivity index (χ2n) is 10.3. The van der Waals surface area contributed by atoms with Crippen LogP contribution >= 0.6 is 11.3 Å². The number of carbonyl (C=O) groups is 2. The zero-order valence-corrected chi connectivity index (χ0v) is 23.2. The first-order valence-corrected chi connectivity index (χ1v) is 13.2. The number of amides is 1. The number of carbonyl (C=O) groups excluding carboxylic acids is 2. The molecule has 0 bridgehead atoms. The van der Waals surface area contributed by atoms with Crippen molar-refractivity contribution >= 4 is 38.4 Å². The number of dihydropyridines is 1. The fourth-order valence-electron chi connectivity index (χ4n) is 5.44. The molecule has 9 heteroatoms. The molecule has 2 aromatic carbocycles. The Labute approximate surface area is 225 Å². The van der Waals surface area contributed by atoms with E-state index in [0.717, 1.165) is 21.7 Å². The van der Waals surface area contributed by atoms with Gasteiger partial charge in [-0.25, -0.2) is 4.98 Å². The highest BCUT2D eigenvalue weighted by Crippen LogP contribution is 2.50. The van der Waals surface area contributed by atoms with Crippen molar-refractivity contribution in [3.05, 3.63) is 64.5 Å². The number of nitrogens with one attached hydrogen (secondary N) is 2. The molecule has 198 valence electrons. The molecule has 3 aromatic rings. The first kappa shape index (κ1) is 25.8. The van der Waals surface area contributed by atoms with Crippen LogP contribution in [0.25, 0.3) is 10.2 Å². The van der Waals surface area contributed by atoms with E-state index in [1.165, 1.54) is 11.3 Å². The fourth-order valence-corrected chi connectivity index (χ4v) is 6.33. The van der Waals surface area contributed by atoms with Crippen molar-refractivity contribution in [3.8, 4) is 17.2 Å². The van der Waals surface area contributed by atoms with Crippen molar-refractivity contribution < 1.29 is 23.8 Å². The molecule has 0 saturated heterocycles. The van der Waals surface area contributed by atoms with Gasteiger partial charge in [-0.05, 0) is 43.0 Å². The SMILES string of the molecule is COc1ccc2nc(NC(=O)C3=C(C)NC4=C(C(=O)CC(C)(C)C4)C3c3cccc(OC)c3OC)sc2c1. The number of thiazole rings is 1. The number of fused-ring (bicyclic) bond motifs is 1. The summed E-state index contributed by atoms with van der Waals surface area (Å²) in [6.07, 6.45) is 1.09. The minimum atomic E-state index is -0.630. The minimum Gasteiger partial charge on any atom is -0.497 e. The lowest BCUT2D eigenvalue weighted by Gasteiger charge is -2.40. The average molecular weight is 534 g/mol. The van der Waals surface area contributed by atoms with E-state index in [0.29, 0.717) is 51.9 Å². The molecule has 0 fully saturated rings. The van der Waals surface area contributed by atoms with E-state index in [9.17, 15) is 9.59 Å². The van der Waals surface area contributed by atoms with E-state index in [1.54, 1.807) is 27.4 Å². The lowest BCUT2D eigenvalue weighted by atomic mass is 9.68. The summed E-state index contributed by atoms with van der Waals surface area (Å²) in [6, 6.07) is 11.1. The molecule has 1 aromatic heterocycles. The number of para-hydroxylation sites is 1. The quantitative estimate of drug-likeness (QED) is 0.428. The summed E-state index contributed by atoms with van der Waals surface area (Å²) >= 11 is 1.36. The smallest absolute Gasteiger partial charge is 0.256 e. The number of hydrogen-bond acceptors (Lipinski definition) is 8. The lowest BCUT2D eigenvalue weighted by Crippen LogP contribution is -2.39. The molecule has 0 spiro atoms. The predicted octanol–water partition coefficient (Wildman–Crippen LogP) is 5.56. The van der Waals surface area contributed by atoms with Crippen LogP contribution in [-0.2, 0) is 9.59 Å². The summed E-state index contributed by atoms with van der Waals surface area (Å²) in [5.41, 5.74) is 3.85. The molecule has 2 N–H and O–H groups in total. The molecular formula is C29H31N3O5S. The summed E-state index contributed by atoms with van der Waals surface area (Å²) in [5.74, 6) is 0.804. The molecule has 0 saturated carbocycles. The maximum Gasteiger partial charge on any atom is 0.256 e. The van der Waals surface area contributed by atoms with Gasteiger partial charge in [-0.3, -0.25) is 14.9 Å². The third kappa shape index (κ3) is 4.51. The Balaban J connectivity index is 1.61. The van der Waals surface area contributed by atoms with Gasteiger partial charge in [0.05, 0.1) is 37.5 Å². The monoisotopic (exact) mass is 533 g/mol. The summed E-state index contributed by atoms with van der Waals surface area (Å²) in [7, 11) is 4.74. The molecule has 38 heavy (non-hydrogen) atoms. The summed E-state index contributed by atoms with van der Waals surface area (Å²) in [6.45, 7) is 6.04. The van der Waals surface area contributed by atoms with Gasteiger partial charge in [-0.2, -0.15) is 0 Å². The summed E-state index contributed by atoms with van der Waals surface area (Å²) in [5, 5.41) is 6.85. The minimum absolute atomic E-state index is 0.0171. The van der Waals surface area contributed by atoms with Crippen LogP contribution in [0, 0.1) is 5.41 Å². The summed E-state index contributed by atoms with van der Waals surface area (Å²) in [4.78, 5) is 32.2. The number of ether oxygens (including phenoxy) is 3. The highest BCUT2D eigenvalue weighted by atomic mass is 32.1. The van der Waals surface area contributed by atoms with Gasteiger partial charge < -0.3 is 19.5 Å². The average Bonchev–Trinajstić information content (AvgIpc) is 3.27. The van der Waals surface area contributed by atoms with E-state index >= 15 is 0 Å². The van der Waals surface area contributed by atoms with E-state index in [4.69, 9.17) is 14.2 Å². The first-order valence-electron chi connectivity index (χ1n) is 12.4. The standard InChI is InChI=1S/C29H31N3O5S/c1-15-23(27(34)32-28-31-18-11-10-16(35-4)12-22(18)38-28)24(17-8-7-9-21(36-5)26(17)37-6)25-19(30-15)13-29(2,3)14-20(25)33/h7-12,24,30H,13-14H2,1-6H3,(H,31,32,34). The highest BCUT2D eigenvalue weighted by Gasteiger charge is 2.44. The Bertz CT molecular complexity index is 1520. The molecule has 1 unspecified atom stereocenters. The van der Waals surface area contributed by atoms with Gasteiger partial charge in [-0.1, -0.05) is 37.3 Å². The van der Waals surface area contributed by atoms with Crippen molar-refractivity contribution in [3.63, 3.8) is 0 Å². The largest absolute Gasteiger partial charge is 0.497 e. The molecule has 8 nitrogen and oxygen atoms in total. The Morgan fingerprint density at radius 2 is 1.89 bits per heavy atom. The van der Waals surface area contributed by atoms with Gasteiger partial charge in [0.1, 0.15) is 5.75 Å². The van der Waals surface area contributed by atoms with Gasteiger partial charge in [0.2, 0.25) is 0 Å². The first-order chi connectivity index (χ1) is 18.2. The van der Waals surface area contributed by atoms with Crippen LogP contribution in [0.15, 0.2) is 58.9 Å². The zero-order chi connectivity index (χ0) is 27.2. The fraction of sp³-hybridized carbons (Fsp3) is 0.345. The number of methoxy groups -OCH3 is 3. The topological polar surface area (TPSA) is 98.8 Å². The molecule has 1 atom stereocenters. The molecular weight excluding hydrogens is 502 g/mol. The molecule has 2 aliphatic rings. The van der Waals surface area contributed by atoms with E-state index in [1.807, 2.05) is 37.3 Å². The maximum atomic E-state index is 14.0. The van der Waals surface area contributed by atoms with Gasteiger partial charge in [-0.15, -0.1) is 0 Å². The third-order valence-electron chi connectivity index (χ3n) is 7.04. The van der Waals surface area contributed by atoms with Crippen LogP contribution in [0.4, 0.5) is 5.13 Å². The highest BCUT2D eigenvalue weighted by molar-refractivity contribution is 7.22. The Kier molecular flexibility index (Phi) is 6.65. The second kappa shape index (κ2) is 9.79. The number of Topliss-reactive ketones (excluding diaryl/α,β-unsaturated/α-hetero) is 1. The lowest BCUT2D eigenvalue weighted by molar-refractivity contribution is -0.118. The van der Waals surface area contributed by atoms with Crippen molar-refractivity contribution in [2.24, 2.45) is 5.41 Å². The number of allylic oxidation sites excluding steroid dienone is 3. The van der Waals surface area contributed by atoms with Gasteiger partial charge in [0.25, 0.3) is 5.91 Å². The van der Waals surface area contributed by atoms with Gasteiger partial charge >= 0.3 is 0 Å². The van der Waals surface area contributed by atoms with Crippen LogP contribution in [-0.4, -0.2) is 38.0 Å². The number of anilines is 1. The zero-order valence-electron chi connectivity index (χ0n) is 22.4. The molecule has 2 heterocycles. The third-order valence-corrected chi connectivity index (χ3v) is 7.98. The van der Waals surface area contributed by atoms with E-state index in [-0.39, 0.29) is 17.1 Å². The molecule has 0 radical (unpaired) electrons. The number of aromatic nitrogens is 1. The van der Waals surface area contributed by atoms with E-state index in [2.05, 4.69) is 29.5 Å². The Morgan fingerprint density at radius 1 is 1.11 bits per heavy atom. The predicted molar refractivity (Wildman–Crippen MR) is 148 cm³/mol. The van der Waals surface area contributed by atoms with Crippen LogP contribution in [0.3, 0.4) is 0 Å². The second-order valence-corrected chi connectivity index (χ2v) is 11.4. The number of hydrogen-bond donors (Lipinski definition) is 2. The van der Waals surface area contributed by atoms with Crippen molar-refractivity contribution in [2.75, 3.05) is 26.6 Å². The van der Waals surface area contributed by atoms with Crippen molar-refractivity contribution in [1.82, 2.24) is 10.3 Å². The van der Waals surface area contributed by atoms with Crippen LogP contribution in [0.2, 0.25) is 0 Å². The van der Waals surface area contributed by atoms with E-state index < -0.39 is 5.92 Å². The maximum absolute atomic E-state index is 14.0. The van der Waals surface area contributed by atoms with Crippen LogP contribution < -0.4 is 24.8 Å². The molecule has 1 aliphatic heterocycles. The summed E-state index contributed by atoms with van der Waals surface area (Å²) < 4.78 is 17.5. The van der Waals surface area contributed by atoms with Crippen molar-refractivity contribution in [2.45, 2.75) is 39.5 Å². The van der Waals surface area contributed by atoms with Crippen LogP contribution in [0.1, 0.15) is 45.1 Å². The van der Waals surface area contributed by atoms with Gasteiger partial charge in [0.15, 0.2) is 22.4 Å². The van der Waals surface area contributed by atoms with Gasteiger partial charge in [0, 0.05) is 34.5 Å². The van der Waals surface area contributed by atoms with Crippen molar-refractivity contribution in [1.29, 1.82) is 0 Å². The Hall–Kier alpha value is -3.85. The number of rotatable bonds is 6. The molecule has 5 rings (SSSR count). The van der Waals surface area contributed by atoms with Crippen LogP contribution in [0.5, 0.6) is 17.2 Å². The molecule has 1 aliphatic carbocycles. The number of nitrogens with zero attached hydrogens (tertiary/aromatic N) is 1.